The molecule has 0 radical (unpaired) electrons. The lowest BCUT2D eigenvalue weighted by atomic mass is 10.0. The van der Waals surface area contributed by atoms with Crippen LogP contribution in [0.3, 0.4) is 0 Å². The molecule has 1 aliphatic rings. The van der Waals surface area contributed by atoms with Gasteiger partial charge in [-0.05, 0) is 41.5 Å². The maximum atomic E-state index is 13.2. The van der Waals surface area contributed by atoms with Crippen molar-refractivity contribution < 1.29 is 9.53 Å². The minimum absolute atomic E-state index is 0.0816. The zero-order chi connectivity index (χ0) is 18.8. The molecule has 1 aromatic heterocycles. The van der Waals surface area contributed by atoms with Crippen LogP contribution in [0.1, 0.15) is 22.9 Å². The van der Waals surface area contributed by atoms with E-state index < -0.39 is 6.10 Å². The minimum Gasteiger partial charge on any atom is -0.480 e. The van der Waals surface area contributed by atoms with Gasteiger partial charge in [-0.15, -0.1) is 0 Å². The molecule has 0 saturated carbocycles. The van der Waals surface area contributed by atoms with Gasteiger partial charge in [0, 0.05) is 24.7 Å². The molecule has 2 aromatic carbocycles. The summed E-state index contributed by atoms with van der Waals surface area (Å²) in [6, 6.07) is 20.8. The molecule has 0 N–H and O–H groups in total. The van der Waals surface area contributed by atoms with E-state index in [0.717, 1.165) is 22.6 Å². The lowest BCUT2D eigenvalue weighted by Crippen LogP contribution is -2.41. The average Bonchev–Trinajstić information content (AvgIpc) is 3.12. The number of amides is 1. The van der Waals surface area contributed by atoms with Gasteiger partial charge in [-0.3, -0.25) is 9.78 Å². The van der Waals surface area contributed by atoms with Gasteiger partial charge in [0.2, 0.25) is 0 Å². The smallest absolute Gasteiger partial charge is 0.264 e. The summed E-state index contributed by atoms with van der Waals surface area (Å²) >= 11 is 6.06. The Bertz CT molecular complexity index is 908. The number of nitrogens with zero attached hydrogens (tertiary/aromatic N) is 2. The number of carbonyl (C=O) groups excluding carboxylic acids is 1. The van der Waals surface area contributed by atoms with Crippen molar-refractivity contribution in [2.24, 2.45) is 0 Å². The van der Waals surface area contributed by atoms with Crippen molar-refractivity contribution in [1.82, 2.24) is 9.88 Å². The van der Waals surface area contributed by atoms with E-state index in [1.54, 1.807) is 24.2 Å². The maximum Gasteiger partial charge on any atom is 0.264 e. The fourth-order valence-corrected chi connectivity index (χ4v) is 3.67. The predicted molar refractivity (Wildman–Crippen MR) is 105 cm³/mol. The Hall–Kier alpha value is -2.85. The van der Waals surface area contributed by atoms with Crippen LogP contribution in [-0.4, -0.2) is 28.9 Å². The first-order valence-electron chi connectivity index (χ1n) is 8.81. The Balaban J connectivity index is 1.62. The number of hydrogen-bond acceptors (Lipinski definition) is 3. The van der Waals surface area contributed by atoms with Crippen LogP contribution < -0.4 is 4.74 Å². The van der Waals surface area contributed by atoms with Crippen molar-refractivity contribution in [2.75, 3.05) is 7.05 Å². The third-order valence-corrected chi connectivity index (χ3v) is 5.03. The highest BCUT2D eigenvalue weighted by molar-refractivity contribution is 6.30. The highest BCUT2D eigenvalue weighted by Gasteiger charge is 2.35. The zero-order valence-electron chi connectivity index (χ0n) is 14.9. The van der Waals surface area contributed by atoms with Crippen LogP contribution in [-0.2, 0) is 11.2 Å². The topological polar surface area (TPSA) is 42.4 Å². The standard InChI is InChI=1S/C22H19ClN2O2/c1-25(22(26)20-14-16-13-17(23)10-11-19(16)27-20)21(15-7-3-2-4-8-15)18-9-5-6-12-24-18/h2-13,20-21H,14H2,1H3. The second-order valence-electron chi connectivity index (χ2n) is 6.58. The number of likely N-dealkylation sites (N-methyl/N-ethyl adjacent to an activating group) is 1. The van der Waals surface area contributed by atoms with Gasteiger partial charge in [0.1, 0.15) is 5.75 Å². The van der Waals surface area contributed by atoms with Crippen molar-refractivity contribution in [2.45, 2.75) is 18.6 Å². The maximum absolute atomic E-state index is 13.2. The molecule has 0 fully saturated rings. The summed E-state index contributed by atoms with van der Waals surface area (Å²) in [5.41, 5.74) is 2.78. The summed E-state index contributed by atoms with van der Waals surface area (Å²) in [5.74, 6) is 0.641. The Morgan fingerprint density at radius 2 is 1.93 bits per heavy atom. The van der Waals surface area contributed by atoms with E-state index in [1.165, 1.54) is 0 Å². The first-order chi connectivity index (χ1) is 13.1. The molecule has 2 unspecified atom stereocenters. The van der Waals surface area contributed by atoms with Crippen molar-refractivity contribution in [1.29, 1.82) is 0 Å². The summed E-state index contributed by atoms with van der Waals surface area (Å²) in [6.45, 7) is 0. The molecule has 2 heterocycles. The Morgan fingerprint density at radius 1 is 1.15 bits per heavy atom. The van der Waals surface area contributed by atoms with Gasteiger partial charge in [0.05, 0.1) is 11.7 Å². The molecule has 2 atom stereocenters. The fourth-order valence-electron chi connectivity index (χ4n) is 3.48. The molecule has 1 amide bonds. The number of halogens is 1. The van der Waals surface area contributed by atoms with Crippen molar-refractivity contribution in [3.8, 4) is 5.75 Å². The summed E-state index contributed by atoms with van der Waals surface area (Å²) in [7, 11) is 1.80. The molecule has 3 aromatic rings. The molecule has 4 rings (SSSR count). The molecule has 0 saturated heterocycles. The van der Waals surface area contributed by atoms with Crippen molar-refractivity contribution in [3.63, 3.8) is 0 Å². The summed E-state index contributed by atoms with van der Waals surface area (Å²) in [6.07, 6.45) is 1.70. The monoisotopic (exact) mass is 378 g/mol. The minimum atomic E-state index is -0.557. The third-order valence-electron chi connectivity index (χ3n) is 4.79. The fraction of sp³-hybridized carbons (Fsp3) is 0.182. The first-order valence-corrected chi connectivity index (χ1v) is 9.19. The largest absolute Gasteiger partial charge is 0.480 e. The molecule has 136 valence electrons. The van der Waals surface area contributed by atoms with Crippen LogP contribution in [0.25, 0.3) is 0 Å². The van der Waals surface area contributed by atoms with Crippen molar-refractivity contribution >= 4 is 17.5 Å². The van der Waals surface area contributed by atoms with Gasteiger partial charge >= 0.3 is 0 Å². The van der Waals surface area contributed by atoms with E-state index in [0.29, 0.717) is 11.4 Å². The van der Waals surface area contributed by atoms with E-state index in [9.17, 15) is 4.79 Å². The number of hydrogen-bond donors (Lipinski definition) is 0. The molecule has 0 aliphatic carbocycles. The molecular formula is C22H19ClN2O2. The molecule has 0 spiro atoms. The molecule has 0 bridgehead atoms. The quantitative estimate of drug-likeness (QED) is 0.680. The first kappa shape index (κ1) is 17.6. The van der Waals surface area contributed by atoms with E-state index in [1.807, 2.05) is 60.7 Å². The van der Waals surface area contributed by atoms with Gasteiger partial charge < -0.3 is 9.64 Å². The summed E-state index contributed by atoms with van der Waals surface area (Å²) in [5, 5.41) is 0.648. The van der Waals surface area contributed by atoms with E-state index in [-0.39, 0.29) is 11.9 Å². The highest BCUT2D eigenvalue weighted by atomic mass is 35.5. The predicted octanol–water partition coefficient (Wildman–Crippen LogP) is 4.29. The average molecular weight is 379 g/mol. The van der Waals surface area contributed by atoms with Crippen LogP contribution in [0.4, 0.5) is 0 Å². The van der Waals surface area contributed by atoms with Gasteiger partial charge in [-0.2, -0.15) is 0 Å². The van der Waals surface area contributed by atoms with Crippen LogP contribution >= 0.6 is 11.6 Å². The zero-order valence-corrected chi connectivity index (χ0v) is 15.6. The van der Waals surface area contributed by atoms with Crippen molar-refractivity contribution in [3.05, 3.63) is 94.8 Å². The third kappa shape index (κ3) is 3.53. The molecule has 4 nitrogen and oxygen atoms in total. The number of benzene rings is 2. The van der Waals surface area contributed by atoms with E-state index >= 15 is 0 Å². The Labute approximate surface area is 163 Å². The number of fused-ring (bicyclic) bond motifs is 1. The Morgan fingerprint density at radius 3 is 2.67 bits per heavy atom. The van der Waals surface area contributed by atoms with Gasteiger partial charge in [0.15, 0.2) is 6.10 Å². The van der Waals surface area contributed by atoms with Crippen LogP contribution in [0.15, 0.2) is 72.9 Å². The Kier molecular flexibility index (Phi) is 4.82. The lowest BCUT2D eigenvalue weighted by Gasteiger charge is -2.30. The van der Waals surface area contributed by atoms with Crippen LogP contribution in [0.5, 0.6) is 5.75 Å². The highest BCUT2D eigenvalue weighted by Crippen LogP contribution is 2.33. The SMILES string of the molecule is CN(C(=O)C1Cc2cc(Cl)ccc2O1)C(c1ccccc1)c1ccccn1. The van der Waals surface area contributed by atoms with Crippen LogP contribution in [0.2, 0.25) is 5.02 Å². The molecular weight excluding hydrogens is 360 g/mol. The number of ether oxygens (including phenoxy) is 1. The number of pyridine rings is 1. The second-order valence-corrected chi connectivity index (χ2v) is 7.02. The lowest BCUT2D eigenvalue weighted by molar-refractivity contribution is -0.138. The number of rotatable bonds is 4. The summed E-state index contributed by atoms with van der Waals surface area (Å²) < 4.78 is 5.90. The molecule has 27 heavy (non-hydrogen) atoms. The number of aromatic nitrogens is 1. The number of carbonyl (C=O) groups is 1. The van der Waals surface area contributed by atoms with Crippen LogP contribution in [0, 0.1) is 0 Å². The molecule has 5 heteroatoms. The summed E-state index contributed by atoms with van der Waals surface area (Å²) in [4.78, 5) is 19.4. The molecule has 1 aliphatic heterocycles. The van der Waals surface area contributed by atoms with Gasteiger partial charge in [-0.1, -0.05) is 48.0 Å². The normalized spacial score (nSPS) is 16.3. The van der Waals surface area contributed by atoms with Gasteiger partial charge in [0.25, 0.3) is 5.91 Å². The van der Waals surface area contributed by atoms with E-state index in [2.05, 4.69) is 4.98 Å². The van der Waals surface area contributed by atoms with E-state index in [4.69, 9.17) is 16.3 Å². The second kappa shape index (κ2) is 7.41. The van der Waals surface area contributed by atoms with Gasteiger partial charge in [-0.25, -0.2) is 0 Å².